The highest BCUT2D eigenvalue weighted by atomic mass is 32.2. The number of sulfone groups is 1. The lowest BCUT2D eigenvalue weighted by atomic mass is 9.76. The highest BCUT2D eigenvalue weighted by Gasteiger charge is 2.52. The van der Waals surface area contributed by atoms with E-state index in [1.165, 1.54) is 13.2 Å². The van der Waals surface area contributed by atoms with Crippen LogP contribution in [0.2, 0.25) is 0 Å². The Morgan fingerprint density at radius 3 is 2.22 bits per heavy atom. The van der Waals surface area contributed by atoms with Crippen LogP contribution in [-0.4, -0.2) is 45.4 Å². The summed E-state index contributed by atoms with van der Waals surface area (Å²) in [6.07, 6.45) is 3.05. The predicted octanol–water partition coefficient (Wildman–Crippen LogP) is 2.38. The number of benzene rings is 1. The Morgan fingerprint density at radius 2 is 1.70 bits per heavy atom. The van der Waals surface area contributed by atoms with Crippen molar-refractivity contribution in [2.75, 3.05) is 12.8 Å². The number of hydrogen-bond donors (Lipinski definition) is 1. The second kappa shape index (κ2) is 7.77. The summed E-state index contributed by atoms with van der Waals surface area (Å²) >= 11 is 0. The van der Waals surface area contributed by atoms with E-state index in [0.717, 1.165) is 11.0 Å². The van der Waals surface area contributed by atoms with Gasteiger partial charge in [-0.15, -0.1) is 0 Å². The lowest BCUT2D eigenvalue weighted by molar-refractivity contribution is -0.118. The summed E-state index contributed by atoms with van der Waals surface area (Å²) in [5.74, 6) is -0.224. The van der Waals surface area contributed by atoms with E-state index in [0.29, 0.717) is 5.56 Å². The molecule has 1 aromatic carbocycles. The average Bonchev–Trinajstić information content (AvgIpc) is 2.71. The molecule has 1 N–H and O–H groups in total. The molecule has 148 valence electrons. The topological polar surface area (TPSA) is 81.7 Å². The number of carbonyl (C=O) groups is 1. The van der Waals surface area contributed by atoms with Crippen LogP contribution in [0.15, 0.2) is 29.7 Å². The first kappa shape index (κ1) is 21.7. The minimum atomic E-state index is -3.18. The highest BCUT2D eigenvalue weighted by molar-refractivity contribution is 7.89. The van der Waals surface area contributed by atoms with Gasteiger partial charge in [0.2, 0.25) is 5.91 Å². The van der Waals surface area contributed by atoms with Crippen LogP contribution in [0.1, 0.15) is 45.7 Å². The van der Waals surface area contributed by atoms with Crippen molar-refractivity contribution < 1.29 is 22.5 Å². The van der Waals surface area contributed by atoms with Crippen LogP contribution in [0, 0.1) is 0 Å². The van der Waals surface area contributed by atoms with Gasteiger partial charge in [-0.3, -0.25) is 4.79 Å². The molecular formula is C19H28BNO5S. The highest BCUT2D eigenvalue weighted by Crippen LogP contribution is 2.38. The lowest BCUT2D eigenvalue weighted by Gasteiger charge is -2.32. The largest absolute Gasteiger partial charge is 0.492 e. The molecule has 0 spiro atoms. The molecule has 0 radical (unpaired) electrons. The van der Waals surface area contributed by atoms with E-state index in [-0.39, 0.29) is 18.2 Å². The molecule has 6 nitrogen and oxygen atoms in total. The predicted molar refractivity (Wildman–Crippen MR) is 108 cm³/mol. The standard InChI is InChI=1S/C19H28BNO5S/c1-14(22)21-12-17(20-25-18(2,3)19(4,5)26-20)11-15-9-7-8-10-16(15)13-27(6,23)24/h7-11H,12-13H2,1-6H3,(H,21,22). The van der Waals surface area contributed by atoms with Crippen molar-refractivity contribution in [2.45, 2.75) is 51.6 Å². The van der Waals surface area contributed by atoms with E-state index < -0.39 is 28.2 Å². The van der Waals surface area contributed by atoms with Gasteiger partial charge in [0.15, 0.2) is 9.84 Å². The molecule has 1 aromatic rings. The molecule has 1 fully saturated rings. The fraction of sp³-hybridized carbons (Fsp3) is 0.526. The number of amides is 1. The van der Waals surface area contributed by atoms with Gasteiger partial charge in [0.05, 0.1) is 17.0 Å². The molecule has 8 heteroatoms. The summed E-state index contributed by atoms with van der Waals surface area (Å²) in [5.41, 5.74) is 1.15. The molecule has 1 heterocycles. The third kappa shape index (κ3) is 5.67. The molecule has 0 unspecified atom stereocenters. The maximum Gasteiger partial charge on any atom is 0.492 e. The summed E-state index contributed by atoms with van der Waals surface area (Å²) in [4.78, 5) is 11.4. The van der Waals surface area contributed by atoms with Crippen LogP contribution in [0.5, 0.6) is 0 Å². The number of hydrogen-bond acceptors (Lipinski definition) is 5. The number of nitrogens with one attached hydrogen (secondary N) is 1. The van der Waals surface area contributed by atoms with Crippen LogP contribution in [-0.2, 0) is 29.7 Å². The molecule has 1 aliphatic heterocycles. The molecule has 2 rings (SSSR count). The molecule has 0 saturated carbocycles. The summed E-state index contributed by atoms with van der Waals surface area (Å²) in [6, 6.07) is 7.28. The number of rotatable bonds is 6. The van der Waals surface area contributed by atoms with Crippen LogP contribution >= 0.6 is 0 Å². The molecular weight excluding hydrogens is 365 g/mol. The third-order valence-corrected chi connectivity index (χ3v) is 5.75. The molecule has 1 aliphatic rings. The monoisotopic (exact) mass is 393 g/mol. The smallest absolute Gasteiger partial charge is 0.400 e. The van der Waals surface area contributed by atoms with Gasteiger partial charge in [-0.1, -0.05) is 30.3 Å². The number of carbonyl (C=O) groups excluding carboxylic acids is 1. The lowest BCUT2D eigenvalue weighted by Crippen LogP contribution is -2.41. The Bertz CT molecular complexity index is 829. The summed E-state index contributed by atoms with van der Waals surface area (Å²) in [7, 11) is -3.81. The van der Waals surface area contributed by atoms with Crippen molar-refractivity contribution in [2.24, 2.45) is 0 Å². The Balaban J connectivity index is 2.42. The SMILES string of the molecule is CC(=O)NCC(=Cc1ccccc1CS(C)(=O)=O)B1OC(C)(C)C(C)(C)O1. The van der Waals surface area contributed by atoms with Crippen molar-refractivity contribution in [3.8, 4) is 0 Å². The quantitative estimate of drug-likeness (QED) is 0.751. The van der Waals surface area contributed by atoms with Crippen LogP contribution in [0.3, 0.4) is 0 Å². The zero-order valence-corrected chi connectivity index (χ0v) is 17.6. The minimum absolute atomic E-state index is 0.0591. The maximum absolute atomic E-state index is 11.8. The summed E-state index contributed by atoms with van der Waals surface area (Å²) in [6.45, 7) is 9.53. The molecule has 27 heavy (non-hydrogen) atoms. The Labute approximate surface area is 162 Å². The van der Waals surface area contributed by atoms with E-state index in [1.807, 2.05) is 45.9 Å². The van der Waals surface area contributed by atoms with E-state index in [1.54, 1.807) is 12.1 Å². The van der Waals surface area contributed by atoms with Gasteiger partial charge in [0.1, 0.15) is 0 Å². The Kier molecular flexibility index (Phi) is 6.24. The average molecular weight is 393 g/mol. The first-order chi connectivity index (χ1) is 12.3. The van der Waals surface area contributed by atoms with Crippen molar-refractivity contribution in [1.29, 1.82) is 0 Å². The maximum atomic E-state index is 11.8. The zero-order valence-electron chi connectivity index (χ0n) is 16.8. The van der Waals surface area contributed by atoms with Gasteiger partial charge >= 0.3 is 7.12 Å². The Hall–Kier alpha value is -1.64. The first-order valence-corrected chi connectivity index (χ1v) is 10.9. The third-order valence-electron chi connectivity index (χ3n) is 4.91. The van der Waals surface area contributed by atoms with Gasteiger partial charge in [-0.05, 0) is 44.3 Å². The zero-order chi connectivity index (χ0) is 20.5. The first-order valence-electron chi connectivity index (χ1n) is 8.87. The van der Waals surface area contributed by atoms with Gasteiger partial charge in [0, 0.05) is 19.7 Å². The van der Waals surface area contributed by atoms with E-state index >= 15 is 0 Å². The second-order valence-electron chi connectivity index (χ2n) is 7.99. The van der Waals surface area contributed by atoms with Gasteiger partial charge < -0.3 is 14.6 Å². The van der Waals surface area contributed by atoms with Gasteiger partial charge in [0.25, 0.3) is 0 Å². The van der Waals surface area contributed by atoms with Crippen LogP contribution in [0.25, 0.3) is 6.08 Å². The fourth-order valence-corrected chi connectivity index (χ4v) is 3.54. The van der Waals surface area contributed by atoms with Gasteiger partial charge in [-0.2, -0.15) is 0 Å². The molecule has 0 bridgehead atoms. The van der Waals surface area contributed by atoms with Crippen molar-refractivity contribution in [3.63, 3.8) is 0 Å². The van der Waals surface area contributed by atoms with Crippen LogP contribution in [0.4, 0.5) is 0 Å². The van der Waals surface area contributed by atoms with E-state index in [9.17, 15) is 13.2 Å². The molecule has 0 aliphatic carbocycles. The molecule has 0 atom stereocenters. The molecule has 0 aromatic heterocycles. The van der Waals surface area contributed by atoms with Crippen molar-refractivity contribution in [1.82, 2.24) is 5.32 Å². The van der Waals surface area contributed by atoms with Gasteiger partial charge in [-0.25, -0.2) is 8.42 Å². The fourth-order valence-electron chi connectivity index (χ4n) is 2.71. The summed E-state index contributed by atoms with van der Waals surface area (Å²) in [5, 5.41) is 2.78. The second-order valence-corrected chi connectivity index (χ2v) is 10.1. The van der Waals surface area contributed by atoms with E-state index in [4.69, 9.17) is 9.31 Å². The summed E-state index contributed by atoms with van der Waals surface area (Å²) < 4.78 is 35.7. The molecule has 1 amide bonds. The van der Waals surface area contributed by atoms with E-state index in [2.05, 4.69) is 5.32 Å². The minimum Gasteiger partial charge on any atom is -0.400 e. The normalized spacial score (nSPS) is 19.2. The van der Waals surface area contributed by atoms with Crippen molar-refractivity contribution >= 4 is 28.9 Å². The van der Waals surface area contributed by atoms with Crippen molar-refractivity contribution in [3.05, 3.63) is 40.9 Å². The Morgan fingerprint density at radius 1 is 1.15 bits per heavy atom. The van der Waals surface area contributed by atoms with Crippen LogP contribution < -0.4 is 5.32 Å². The molecule has 1 saturated heterocycles.